The van der Waals surface area contributed by atoms with E-state index >= 15 is 0 Å². The highest BCUT2D eigenvalue weighted by molar-refractivity contribution is 5.76. The van der Waals surface area contributed by atoms with Crippen molar-refractivity contribution in [2.45, 2.75) is 70.4 Å². The van der Waals surface area contributed by atoms with Gasteiger partial charge in [0, 0.05) is 32.2 Å². The van der Waals surface area contributed by atoms with Crippen molar-refractivity contribution in [2.24, 2.45) is 11.7 Å². The lowest BCUT2D eigenvalue weighted by molar-refractivity contribution is -0.132. The van der Waals surface area contributed by atoms with E-state index in [1.807, 2.05) is 4.90 Å². The fourth-order valence-corrected chi connectivity index (χ4v) is 3.52. The zero-order valence-electron chi connectivity index (χ0n) is 12.9. The quantitative estimate of drug-likeness (QED) is 0.813. The molecule has 3 unspecified atom stereocenters. The molecule has 0 spiro atoms. The van der Waals surface area contributed by atoms with Crippen LogP contribution in [0.4, 0.5) is 0 Å². The summed E-state index contributed by atoms with van der Waals surface area (Å²) >= 11 is 0. The lowest BCUT2D eigenvalue weighted by atomic mass is 9.83. The first kappa shape index (κ1) is 15.8. The fraction of sp³-hybridized carbons (Fsp3) is 0.938. The van der Waals surface area contributed by atoms with E-state index < -0.39 is 0 Å². The van der Waals surface area contributed by atoms with Crippen molar-refractivity contribution >= 4 is 5.91 Å². The lowest BCUT2D eigenvalue weighted by Crippen LogP contribution is -2.37. The molecule has 1 amide bonds. The Labute approximate surface area is 123 Å². The van der Waals surface area contributed by atoms with Crippen LogP contribution in [0.15, 0.2) is 0 Å². The predicted octanol–water partition coefficient (Wildman–Crippen LogP) is 2.31. The highest BCUT2D eigenvalue weighted by Crippen LogP contribution is 2.27. The molecule has 2 fully saturated rings. The van der Waals surface area contributed by atoms with E-state index in [-0.39, 0.29) is 6.10 Å². The van der Waals surface area contributed by atoms with E-state index in [9.17, 15) is 4.79 Å². The summed E-state index contributed by atoms with van der Waals surface area (Å²) in [5, 5.41) is 0. The van der Waals surface area contributed by atoms with Gasteiger partial charge in [-0.2, -0.15) is 0 Å². The van der Waals surface area contributed by atoms with Gasteiger partial charge < -0.3 is 15.4 Å². The Morgan fingerprint density at radius 2 is 2.15 bits per heavy atom. The Balaban J connectivity index is 1.71. The SMILES string of the molecule is CCN(CC1CCCO1)C(=O)CCC1CCCC(N)C1. The number of nitrogens with zero attached hydrogens (tertiary/aromatic N) is 1. The molecule has 1 aliphatic heterocycles. The van der Waals surface area contributed by atoms with Crippen LogP contribution in [-0.2, 0) is 9.53 Å². The Hall–Kier alpha value is -0.610. The predicted molar refractivity (Wildman–Crippen MR) is 80.4 cm³/mol. The standard InChI is InChI=1S/C16H30N2O2/c1-2-18(12-15-7-4-10-20-15)16(19)9-8-13-5-3-6-14(17)11-13/h13-15H,2-12,17H2,1H3. The molecule has 4 heteroatoms. The molecule has 1 saturated carbocycles. The molecule has 0 aromatic heterocycles. The van der Waals surface area contributed by atoms with Crippen LogP contribution in [0.5, 0.6) is 0 Å². The molecule has 2 N–H and O–H groups in total. The van der Waals surface area contributed by atoms with E-state index in [4.69, 9.17) is 10.5 Å². The number of carbonyl (C=O) groups excluding carboxylic acids is 1. The molecule has 20 heavy (non-hydrogen) atoms. The van der Waals surface area contributed by atoms with Crippen LogP contribution >= 0.6 is 0 Å². The van der Waals surface area contributed by atoms with Crippen LogP contribution in [0, 0.1) is 5.92 Å². The lowest BCUT2D eigenvalue weighted by Gasteiger charge is -2.28. The molecule has 0 bridgehead atoms. The molecule has 116 valence electrons. The van der Waals surface area contributed by atoms with Crippen molar-refractivity contribution in [3.05, 3.63) is 0 Å². The summed E-state index contributed by atoms with van der Waals surface area (Å²) in [6.07, 6.45) is 8.92. The van der Waals surface area contributed by atoms with Gasteiger partial charge in [-0.3, -0.25) is 4.79 Å². The second-order valence-electron chi connectivity index (χ2n) is 6.40. The minimum atomic E-state index is 0.266. The normalized spacial score (nSPS) is 30.4. The molecule has 2 aliphatic rings. The van der Waals surface area contributed by atoms with Crippen molar-refractivity contribution in [3.63, 3.8) is 0 Å². The molecule has 0 aromatic carbocycles. The number of likely N-dealkylation sites (N-methyl/N-ethyl adjacent to an activating group) is 1. The first-order valence-corrected chi connectivity index (χ1v) is 8.34. The van der Waals surface area contributed by atoms with Gasteiger partial charge >= 0.3 is 0 Å². The number of rotatable bonds is 6. The topological polar surface area (TPSA) is 55.6 Å². The molecule has 2 rings (SSSR count). The summed E-state index contributed by atoms with van der Waals surface area (Å²) in [6, 6.07) is 0.359. The van der Waals surface area contributed by atoms with Crippen molar-refractivity contribution in [1.29, 1.82) is 0 Å². The molecule has 1 saturated heterocycles. The van der Waals surface area contributed by atoms with Crippen molar-refractivity contribution in [2.75, 3.05) is 19.7 Å². The first-order chi connectivity index (χ1) is 9.69. The van der Waals surface area contributed by atoms with Crippen LogP contribution in [0.3, 0.4) is 0 Å². The summed E-state index contributed by atoms with van der Waals surface area (Å²) in [5.41, 5.74) is 6.01. The van der Waals surface area contributed by atoms with Crippen LogP contribution in [-0.4, -0.2) is 42.6 Å². The summed E-state index contributed by atoms with van der Waals surface area (Å²) < 4.78 is 5.63. The van der Waals surface area contributed by atoms with E-state index in [2.05, 4.69) is 6.92 Å². The van der Waals surface area contributed by atoms with Gasteiger partial charge in [-0.25, -0.2) is 0 Å². The number of amides is 1. The van der Waals surface area contributed by atoms with Gasteiger partial charge in [-0.05, 0) is 44.9 Å². The van der Waals surface area contributed by atoms with Gasteiger partial charge in [0.15, 0.2) is 0 Å². The van der Waals surface area contributed by atoms with Gasteiger partial charge in [0.25, 0.3) is 0 Å². The van der Waals surface area contributed by atoms with E-state index in [0.29, 0.717) is 24.3 Å². The summed E-state index contributed by atoms with van der Waals surface area (Å²) in [7, 11) is 0. The van der Waals surface area contributed by atoms with Gasteiger partial charge in [0.1, 0.15) is 0 Å². The van der Waals surface area contributed by atoms with Crippen molar-refractivity contribution < 1.29 is 9.53 Å². The fourth-order valence-electron chi connectivity index (χ4n) is 3.52. The van der Waals surface area contributed by atoms with Gasteiger partial charge in [0.2, 0.25) is 5.91 Å². The molecule has 0 aromatic rings. The first-order valence-electron chi connectivity index (χ1n) is 8.34. The van der Waals surface area contributed by atoms with Crippen molar-refractivity contribution in [1.82, 2.24) is 4.90 Å². The van der Waals surface area contributed by atoms with Crippen LogP contribution in [0.2, 0.25) is 0 Å². The maximum Gasteiger partial charge on any atom is 0.222 e. The minimum Gasteiger partial charge on any atom is -0.376 e. The highest BCUT2D eigenvalue weighted by atomic mass is 16.5. The zero-order chi connectivity index (χ0) is 14.4. The molecule has 4 nitrogen and oxygen atoms in total. The number of nitrogens with two attached hydrogens (primary N) is 1. The van der Waals surface area contributed by atoms with Crippen LogP contribution in [0.1, 0.15) is 58.3 Å². The maximum atomic E-state index is 12.3. The third-order valence-corrected chi connectivity index (χ3v) is 4.77. The number of hydrogen-bond acceptors (Lipinski definition) is 3. The van der Waals surface area contributed by atoms with E-state index in [0.717, 1.165) is 51.8 Å². The van der Waals surface area contributed by atoms with Gasteiger partial charge in [-0.15, -0.1) is 0 Å². The smallest absolute Gasteiger partial charge is 0.222 e. The highest BCUT2D eigenvalue weighted by Gasteiger charge is 2.23. The Morgan fingerprint density at radius 1 is 1.30 bits per heavy atom. The Kier molecular flexibility index (Phi) is 6.30. The van der Waals surface area contributed by atoms with Gasteiger partial charge in [-0.1, -0.05) is 12.8 Å². The van der Waals surface area contributed by atoms with Crippen molar-refractivity contribution in [3.8, 4) is 0 Å². The second kappa shape index (κ2) is 7.99. The molecular weight excluding hydrogens is 252 g/mol. The van der Waals surface area contributed by atoms with Crippen LogP contribution < -0.4 is 5.73 Å². The zero-order valence-corrected chi connectivity index (χ0v) is 12.9. The minimum absolute atomic E-state index is 0.266. The molecule has 1 aliphatic carbocycles. The maximum absolute atomic E-state index is 12.3. The summed E-state index contributed by atoms with van der Waals surface area (Å²) in [6.45, 7) is 4.49. The third-order valence-electron chi connectivity index (χ3n) is 4.77. The average molecular weight is 282 g/mol. The molecule has 1 heterocycles. The van der Waals surface area contributed by atoms with E-state index in [1.54, 1.807) is 0 Å². The van der Waals surface area contributed by atoms with E-state index in [1.165, 1.54) is 12.8 Å². The molecular formula is C16H30N2O2. The number of carbonyl (C=O) groups is 1. The number of hydrogen-bond donors (Lipinski definition) is 1. The molecule has 0 radical (unpaired) electrons. The second-order valence-corrected chi connectivity index (χ2v) is 6.40. The third kappa shape index (κ3) is 4.74. The molecule has 3 atom stereocenters. The monoisotopic (exact) mass is 282 g/mol. The van der Waals surface area contributed by atoms with Gasteiger partial charge in [0.05, 0.1) is 6.10 Å². The number of ether oxygens (including phenoxy) is 1. The summed E-state index contributed by atoms with van der Waals surface area (Å²) in [5.74, 6) is 0.950. The van der Waals surface area contributed by atoms with Crippen LogP contribution in [0.25, 0.3) is 0 Å². The Morgan fingerprint density at radius 3 is 2.80 bits per heavy atom. The Bertz CT molecular complexity index is 303. The average Bonchev–Trinajstić information content (AvgIpc) is 2.95. The summed E-state index contributed by atoms with van der Waals surface area (Å²) in [4.78, 5) is 14.3. The largest absolute Gasteiger partial charge is 0.376 e.